The van der Waals surface area contributed by atoms with Crippen molar-refractivity contribution in [2.24, 2.45) is 10.9 Å². The number of amidine groups is 1. The largest absolute Gasteiger partial charge is 0.409 e. The molecule has 8 heteroatoms. The van der Waals surface area contributed by atoms with E-state index < -0.39 is 16.1 Å². The van der Waals surface area contributed by atoms with Crippen LogP contribution in [0, 0.1) is 0 Å². The van der Waals surface area contributed by atoms with Gasteiger partial charge in [0, 0.05) is 20.3 Å². The van der Waals surface area contributed by atoms with Crippen LogP contribution >= 0.6 is 0 Å². The predicted molar refractivity (Wildman–Crippen MR) is 63.4 cm³/mol. The number of nitrogens with two attached hydrogens (primary N) is 1. The first-order chi connectivity index (χ1) is 8.03. The van der Waals surface area contributed by atoms with Crippen LogP contribution in [0.1, 0.15) is 19.3 Å². The molecule has 0 aliphatic carbocycles. The molecule has 7 nitrogen and oxygen atoms in total. The lowest BCUT2D eigenvalue weighted by atomic mass is 10.2. The molecule has 1 heterocycles. The van der Waals surface area contributed by atoms with E-state index in [2.05, 4.69) is 5.16 Å². The highest BCUT2D eigenvalue weighted by Crippen LogP contribution is 2.21. The van der Waals surface area contributed by atoms with Crippen molar-refractivity contribution < 1.29 is 18.4 Å². The molecule has 0 aromatic rings. The molecule has 0 aromatic heterocycles. The Morgan fingerprint density at radius 1 is 1.65 bits per heavy atom. The molecule has 3 N–H and O–H groups in total. The van der Waals surface area contributed by atoms with Gasteiger partial charge in [0.1, 0.15) is 0 Å². The second kappa shape index (κ2) is 6.18. The highest BCUT2D eigenvalue weighted by molar-refractivity contribution is 7.89. The summed E-state index contributed by atoms with van der Waals surface area (Å²) in [4.78, 5) is 0. The maximum atomic E-state index is 12.0. The van der Waals surface area contributed by atoms with Crippen molar-refractivity contribution in [1.82, 2.24) is 4.31 Å². The van der Waals surface area contributed by atoms with Crippen molar-refractivity contribution in [1.29, 1.82) is 0 Å². The summed E-state index contributed by atoms with van der Waals surface area (Å²) in [5, 5.41) is 11.5. The molecule has 1 fully saturated rings. The molecule has 1 saturated heterocycles. The number of rotatable bonds is 6. The van der Waals surface area contributed by atoms with E-state index in [9.17, 15) is 8.42 Å². The van der Waals surface area contributed by atoms with Gasteiger partial charge in [0.2, 0.25) is 10.0 Å². The van der Waals surface area contributed by atoms with Gasteiger partial charge < -0.3 is 15.7 Å². The number of oxime groups is 1. The number of ether oxygens (including phenoxy) is 1. The van der Waals surface area contributed by atoms with Crippen LogP contribution in [-0.4, -0.2) is 55.8 Å². The molecule has 17 heavy (non-hydrogen) atoms. The van der Waals surface area contributed by atoms with Gasteiger partial charge >= 0.3 is 0 Å². The average Bonchev–Trinajstić information content (AvgIpc) is 2.78. The highest BCUT2D eigenvalue weighted by Gasteiger charge is 2.36. The SMILES string of the molecule is COCCCS(=O)(=O)N1CCCC1C(N)=NO. The Hall–Kier alpha value is -0.860. The molecule has 0 amide bonds. The minimum absolute atomic E-state index is 0.0239. The van der Waals surface area contributed by atoms with E-state index in [1.807, 2.05) is 0 Å². The van der Waals surface area contributed by atoms with Gasteiger partial charge in [-0.1, -0.05) is 5.16 Å². The van der Waals surface area contributed by atoms with Crippen molar-refractivity contribution in [2.75, 3.05) is 26.0 Å². The van der Waals surface area contributed by atoms with Crippen LogP contribution in [0.4, 0.5) is 0 Å². The Morgan fingerprint density at radius 3 is 2.94 bits per heavy atom. The van der Waals surface area contributed by atoms with Crippen LogP contribution in [0.3, 0.4) is 0 Å². The molecule has 100 valence electrons. The Morgan fingerprint density at radius 2 is 2.35 bits per heavy atom. The fourth-order valence-corrected chi connectivity index (χ4v) is 3.66. The van der Waals surface area contributed by atoms with E-state index in [0.717, 1.165) is 6.42 Å². The second-order valence-electron chi connectivity index (χ2n) is 3.96. The molecular weight excluding hydrogens is 246 g/mol. The van der Waals surface area contributed by atoms with Gasteiger partial charge in [-0.3, -0.25) is 0 Å². The molecule has 0 bridgehead atoms. The quantitative estimate of drug-likeness (QED) is 0.223. The Bertz CT molecular complexity index is 368. The fraction of sp³-hybridized carbons (Fsp3) is 0.889. The first-order valence-electron chi connectivity index (χ1n) is 5.49. The standard InChI is InChI=1S/C9H19N3O4S/c1-16-6-3-7-17(14,15)12-5-2-4-8(12)9(10)11-13/h8,13H,2-7H2,1H3,(H2,10,11). The number of hydrogen-bond acceptors (Lipinski definition) is 5. The van der Waals surface area contributed by atoms with Crippen molar-refractivity contribution >= 4 is 15.9 Å². The lowest BCUT2D eigenvalue weighted by molar-refractivity contribution is 0.199. The third-order valence-electron chi connectivity index (χ3n) is 2.77. The summed E-state index contributed by atoms with van der Waals surface area (Å²) in [6.45, 7) is 0.831. The Kier molecular flexibility index (Phi) is 5.16. The fourth-order valence-electron chi connectivity index (χ4n) is 1.94. The van der Waals surface area contributed by atoms with Crippen molar-refractivity contribution in [2.45, 2.75) is 25.3 Å². The summed E-state index contributed by atoms with van der Waals surface area (Å²) < 4.78 is 30.2. The summed E-state index contributed by atoms with van der Waals surface area (Å²) in [6.07, 6.45) is 1.77. The first kappa shape index (κ1) is 14.2. The zero-order valence-corrected chi connectivity index (χ0v) is 10.7. The average molecular weight is 265 g/mol. The molecule has 1 aliphatic rings. The number of sulfonamides is 1. The van der Waals surface area contributed by atoms with Crippen molar-refractivity contribution in [3.8, 4) is 0 Å². The zero-order valence-electron chi connectivity index (χ0n) is 9.87. The molecule has 1 atom stereocenters. The van der Waals surface area contributed by atoms with E-state index in [4.69, 9.17) is 15.7 Å². The minimum atomic E-state index is -3.36. The third-order valence-corrected chi connectivity index (χ3v) is 4.72. The van der Waals surface area contributed by atoms with Crippen LogP contribution in [0.2, 0.25) is 0 Å². The van der Waals surface area contributed by atoms with Crippen LogP contribution < -0.4 is 5.73 Å². The number of nitrogens with zero attached hydrogens (tertiary/aromatic N) is 2. The molecule has 1 aliphatic heterocycles. The highest BCUT2D eigenvalue weighted by atomic mass is 32.2. The van der Waals surface area contributed by atoms with E-state index in [1.165, 1.54) is 11.4 Å². The maximum Gasteiger partial charge on any atom is 0.214 e. The topological polar surface area (TPSA) is 105 Å². The van der Waals surface area contributed by atoms with Gasteiger partial charge in [-0.05, 0) is 19.3 Å². The smallest absolute Gasteiger partial charge is 0.214 e. The lowest BCUT2D eigenvalue weighted by Crippen LogP contribution is -2.44. The van der Waals surface area contributed by atoms with Gasteiger partial charge in [-0.2, -0.15) is 4.31 Å². The minimum Gasteiger partial charge on any atom is -0.409 e. The van der Waals surface area contributed by atoms with Crippen LogP contribution in [0.15, 0.2) is 5.16 Å². The van der Waals surface area contributed by atoms with E-state index >= 15 is 0 Å². The summed E-state index contributed by atoms with van der Waals surface area (Å²) in [5.74, 6) is -0.0198. The number of hydrogen-bond donors (Lipinski definition) is 2. The Balaban J connectivity index is 2.70. The van der Waals surface area contributed by atoms with Crippen molar-refractivity contribution in [3.63, 3.8) is 0 Å². The van der Waals surface area contributed by atoms with Crippen LogP contribution in [0.5, 0.6) is 0 Å². The summed E-state index contributed by atoms with van der Waals surface area (Å²) in [7, 11) is -1.83. The van der Waals surface area contributed by atoms with E-state index in [0.29, 0.717) is 26.0 Å². The van der Waals surface area contributed by atoms with Crippen LogP contribution in [-0.2, 0) is 14.8 Å². The van der Waals surface area contributed by atoms with Gasteiger partial charge in [-0.15, -0.1) is 0 Å². The van der Waals surface area contributed by atoms with E-state index in [-0.39, 0.29) is 11.6 Å². The summed E-state index contributed by atoms with van der Waals surface area (Å²) >= 11 is 0. The van der Waals surface area contributed by atoms with Gasteiger partial charge in [0.25, 0.3) is 0 Å². The summed E-state index contributed by atoms with van der Waals surface area (Å²) in [6, 6.07) is -0.507. The van der Waals surface area contributed by atoms with Crippen molar-refractivity contribution in [3.05, 3.63) is 0 Å². The zero-order chi connectivity index (χ0) is 12.9. The van der Waals surface area contributed by atoms with Gasteiger partial charge in [-0.25, -0.2) is 8.42 Å². The number of methoxy groups -OCH3 is 1. The predicted octanol–water partition coefficient (Wildman–Crippen LogP) is -0.436. The second-order valence-corrected chi connectivity index (χ2v) is 6.00. The molecule has 0 aromatic carbocycles. The monoisotopic (exact) mass is 265 g/mol. The Labute approximate surface area is 101 Å². The maximum absolute atomic E-state index is 12.0. The first-order valence-corrected chi connectivity index (χ1v) is 7.09. The lowest BCUT2D eigenvalue weighted by Gasteiger charge is -2.22. The van der Waals surface area contributed by atoms with E-state index in [1.54, 1.807) is 0 Å². The summed E-state index contributed by atoms with van der Waals surface area (Å²) in [5.41, 5.74) is 5.49. The normalized spacial score (nSPS) is 23.1. The van der Waals surface area contributed by atoms with Crippen LogP contribution in [0.25, 0.3) is 0 Å². The molecule has 0 spiro atoms. The molecule has 1 unspecified atom stereocenters. The molecule has 0 saturated carbocycles. The third kappa shape index (κ3) is 3.55. The molecule has 1 rings (SSSR count). The molecular formula is C9H19N3O4S. The van der Waals surface area contributed by atoms with Gasteiger partial charge in [0.05, 0.1) is 11.8 Å². The van der Waals surface area contributed by atoms with Gasteiger partial charge in [0.15, 0.2) is 5.84 Å². The molecule has 0 radical (unpaired) electrons.